The molecule has 0 aliphatic carbocycles. The van der Waals surface area contributed by atoms with Crippen molar-refractivity contribution in [2.75, 3.05) is 0 Å². The van der Waals surface area contributed by atoms with Crippen LogP contribution < -0.4 is 5.32 Å². The number of carbonyl (C=O) groups is 2. The van der Waals surface area contributed by atoms with Crippen molar-refractivity contribution in [3.8, 4) is 17.0 Å². The fourth-order valence-electron chi connectivity index (χ4n) is 2.50. The first-order chi connectivity index (χ1) is 12.5. The van der Waals surface area contributed by atoms with Gasteiger partial charge in [0.2, 0.25) is 0 Å². The number of hydrogen-bond acceptors (Lipinski definition) is 4. The van der Waals surface area contributed by atoms with Crippen molar-refractivity contribution < 1.29 is 19.8 Å². The van der Waals surface area contributed by atoms with E-state index in [-0.39, 0.29) is 17.9 Å². The van der Waals surface area contributed by atoms with E-state index in [1.165, 1.54) is 18.2 Å². The summed E-state index contributed by atoms with van der Waals surface area (Å²) in [6.07, 6.45) is 0.181. The topological polar surface area (TPSA) is 115 Å². The molecule has 1 heterocycles. The van der Waals surface area contributed by atoms with Gasteiger partial charge in [-0.05, 0) is 35.9 Å². The summed E-state index contributed by atoms with van der Waals surface area (Å²) in [5, 5.41) is 27.9. The summed E-state index contributed by atoms with van der Waals surface area (Å²) in [5.41, 5.74) is 2.21. The molecule has 0 saturated heterocycles. The van der Waals surface area contributed by atoms with Crippen molar-refractivity contribution >= 4 is 11.9 Å². The lowest BCUT2D eigenvalue weighted by molar-refractivity contribution is -0.139. The van der Waals surface area contributed by atoms with Crippen LogP contribution in [0, 0.1) is 0 Å². The van der Waals surface area contributed by atoms with Crippen LogP contribution in [0.4, 0.5) is 0 Å². The molecule has 0 saturated carbocycles. The van der Waals surface area contributed by atoms with Crippen LogP contribution in [0.2, 0.25) is 0 Å². The Morgan fingerprint density at radius 3 is 2.42 bits per heavy atom. The lowest BCUT2D eigenvalue weighted by Gasteiger charge is -2.13. The van der Waals surface area contributed by atoms with Gasteiger partial charge >= 0.3 is 5.97 Å². The van der Waals surface area contributed by atoms with Crippen molar-refractivity contribution in [2.24, 2.45) is 0 Å². The van der Waals surface area contributed by atoms with Gasteiger partial charge in [0.15, 0.2) is 0 Å². The first-order valence-electron chi connectivity index (χ1n) is 7.95. The van der Waals surface area contributed by atoms with Crippen molar-refractivity contribution in [3.05, 3.63) is 71.9 Å². The molecule has 0 aliphatic heterocycles. The smallest absolute Gasteiger partial charge is 0.326 e. The number of nitrogens with zero attached hydrogens (tertiary/aromatic N) is 1. The van der Waals surface area contributed by atoms with Gasteiger partial charge in [-0.2, -0.15) is 5.10 Å². The maximum absolute atomic E-state index is 12.4. The number of phenols is 1. The average Bonchev–Trinajstić information content (AvgIpc) is 3.13. The number of nitrogens with one attached hydrogen (secondary N) is 2. The number of benzene rings is 2. The number of aliphatic carboxylic acids is 1. The van der Waals surface area contributed by atoms with E-state index in [4.69, 9.17) is 0 Å². The molecule has 2 aromatic carbocycles. The zero-order chi connectivity index (χ0) is 18.5. The lowest BCUT2D eigenvalue weighted by Crippen LogP contribution is -2.42. The van der Waals surface area contributed by atoms with Crippen molar-refractivity contribution in [2.45, 2.75) is 12.5 Å². The highest BCUT2D eigenvalue weighted by molar-refractivity contribution is 5.95. The van der Waals surface area contributed by atoms with E-state index in [2.05, 4.69) is 15.5 Å². The van der Waals surface area contributed by atoms with E-state index >= 15 is 0 Å². The molecule has 1 unspecified atom stereocenters. The van der Waals surface area contributed by atoms with Gasteiger partial charge in [0.05, 0.1) is 5.69 Å². The number of carbonyl (C=O) groups excluding carboxylic acids is 1. The standard InChI is InChI=1S/C19H17N3O4/c23-14-8-6-13(7-9-14)15-11-16(22-21-15)18(24)20-17(19(25)26)10-12-4-2-1-3-5-12/h1-9,11,17,23H,10H2,(H,20,24)(H,21,22)(H,25,26). The number of aromatic nitrogens is 2. The normalized spacial score (nSPS) is 11.7. The quantitative estimate of drug-likeness (QED) is 0.543. The van der Waals surface area contributed by atoms with E-state index in [1.54, 1.807) is 24.3 Å². The number of amides is 1. The van der Waals surface area contributed by atoms with Crippen molar-refractivity contribution in [1.29, 1.82) is 0 Å². The Labute approximate surface area is 149 Å². The van der Waals surface area contributed by atoms with Gasteiger partial charge in [-0.3, -0.25) is 9.89 Å². The Morgan fingerprint density at radius 1 is 1.08 bits per heavy atom. The molecular weight excluding hydrogens is 334 g/mol. The molecule has 0 radical (unpaired) electrons. The Kier molecular flexibility index (Phi) is 4.98. The summed E-state index contributed by atoms with van der Waals surface area (Å²) in [5.74, 6) is -1.53. The van der Waals surface area contributed by atoms with E-state index in [9.17, 15) is 19.8 Å². The van der Waals surface area contributed by atoms with Gasteiger partial charge in [0, 0.05) is 12.0 Å². The van der Waals surface area contributed by atoms with E-state index in [0.717, 1.165) is 11.1 Å². The van der Waals surface area contributed by atoms with Crippen LogP contribution in [0.25, 0.3) is 11.3 Å². The van der Waals surface area contributed by atoms with Crippen LogP contribution in [0.15, 0.2) is 60.7 Å². The Hall–Kier alpha value is -3.61. The molecular formula is C19H17N3O4. The Balaban J connectivity index is 1.72. The SMILES string of the molecule is O=C(NC(Cc1ccccc1)C(=O)O)c1cc(-c2ccc(O)cc2)n[nH]1. The maximum Gasteiger partial charge on any atom is 0.326 e. The third kappa shape index (κ3) is 4.07. The molecule has 0 bridgehead atoms. The number of H-pyrrole nitrogens is 1. The number of phenolic OH excluding ortho intramolecular Hbond substituents is 1. The predicted octanol–water partition coefficient (Wildman–Crippen LogP) is 2.21. The van der Waals surface area contributed by atoms with Gasteiger partial charge in [0.1, 0.15) is 17.5 Å². The van der Waals surface area contributed by atoms with Crippen molar-refractivity contribution in [3.63, 3.8) is 0 Å². The molecule has 1 aromatic heterocycles. The number of hydrogen-bond donors (Lipinski definition) is 4. The third-order valence-corrected chi connectivity index (χ3v) is 3.87. The Bertz CT molecular complexity index is 904. The number of rotatable bonds is 6. The zero-order valence-electron chi connectivity index (χ0n) is 13.7. The maximum atomic E-state index is 12.4. The van der Waals surface area contributed by atoms with Crippen molar-refractivity contribution in [1.82, 2.24) is 15.5 Å². The van der Waals surface area contributed by atoms with E-state index in [0.29, 0.717) is 5.69 Å². The van der Waals surface area contributed by atoms with Gasteiger partial charge in [0.25, 0.3) is 5.91 Å². The average molecular weight is 351 g/mol. The monoisotopic (exact) mass is 351 g/mol. The number of aromatic hydroxyl groups is 1. The van der Waals surface area contributed by atoms with Gasteiger partial charge in [-0.1, -0.05) is 30.3 Å². The zero-order valence-corrected chi connectivity index (χ0v) is 13.7. The van der Waals surface area contributed by atoms with Gasteiger partial charge in [-0.25, -0.2) is 4.79 Å². The minimum Gasteiger partial charge on any atom is -0.508 e. The molecule has 26 heavy (non-hydrogen) atoms. The molecule has 132 valence electrons. The lowest BCUT2D eigenvalue weighted by atomic mass is 10.1. The molecule has 1 atom stereocenters. The largest absolute Gasteiger partial charge is 0.508 e. The summed E-state index contributed by atoms with van der Waals surface area (Å²) < 4.78 is 0. The summed E-state index contributed by atoms with van der Waals surface area (Å²) in [6, 6.07) is 15.9. The number of carboxylic acids is 1. The molecule has 1 amide bonds. The van der Waals surface area contributed by atoms with Gasteiger partial charge in [-0.15, -0.1) is 0 Å². The highest BCUT2D eigenvalue weighted by Crippen LogP contribution is 2.20. The van der Waals surface area contributed by atoms with E-state index < -0.39 is 17.9 Å². The molecule has 7 heteroatoms. The molecule has 4 N–H and O–H groups in total. The van der Waals surface area contributed by atoms with Crippen LogP contribution in [0.3, 0.4) is 0 Å². The summed E-state index contributed by atoms with van der Waals surface area (Å²) >= 11 is 0. The van der Waals surface area contributed by atoms with Crippen LogP contribution in [-0.2, 0) is 11.2 Å². The first kappa shape index (κ1) is 17.2. The van der Waals surface area contributed by atoms with Crippen LogP contribution in [0.5, 0.6) is 5.75 Å². The minimum absolute atomic E-state index is 0.132. The molecule has 3 rings (SSSR count). The second-order valence-electron chi connectivity index (χ2n) is 5.77. The number of carboxylic acid groups (broad SMARTS) is 1. The first-order valence-corrected chi connectivity index (χ1v) is 7.95. The summed E-state index contributed by atoms with van der Waals surface area (Å²) in [4.78, 5) is 23.8. The van der Waals surface area contributed by atoms with Crippen LogP contribution in [-0.4, -0.2) is 38.3 Å². The third-order valence-electron chi connectivity index (χ3n) is 3.87. The molecule has 0 fully saturated rings. The highest BCUT2D eigenvalue weighted by atomic mass is 16.4. The fourth-order valence-corrected chi connectivity index (χ4v) is 2.50. The second-order valence-corrected chi connectivity index (χ2v) is 5.77. The second kappa shape index (κ2) is 7.52. The summed E-state index contributed by atoms with van der Waals surface area (Å²) in [6.45, 7) is 0. The minimum atomic E-state index is -1.11. The van der Waals surface area contributed by atoms with Crippen LogP contribution >= 0.6 is 0 Å². The molecule has 3 aromatic rings. The highest BCUT2D eigenvalue weighted by Gasteiger charge is 2.22. The molecule has 0 spiro atoms. The van der Waals surface area contributed by atoms with Crippen LogP contribution in [0.1, 0.15) is 16.1 Å². The molecule has 0 aliphatic rings. The van der Waals surface area contributed by atoms with Gasteiger partial charge < -0.3 is 15.5 Å². The molecule has 7 nitrogen and oxygen atoms in total. The number of aromatic amines is 1. The van der Waals surface area contributed by atoms with E-state index in [1.807, 2.05) is 18.2 Å². The fraction of sp³-hybridized carbons (Fsp3) is 0.105. The Morgan fingerprint density at radius 2 is 1.77 bits per heavy atom. The summed E-state index contributed by atoms with van der Waals surface area (Å²) in [7, 11) is 0. The predicted molar refractivity (Wildman–Crippen MR) is 94.7 cm³/mol.